The Hall–Kier alpha value is -1.62. The van der Waals surface area contributed by atoms with Crippen LogP contribution in [-0.4, -0.2) is 23.8 Å². The minimum Gasteiger partial charge on any atom is -0.371 e. The number of aryl methyl sites for hydroxylation is 1. The summed E-state index contributed by atoms with van der Waals surface area (Å²) in [6.07, 6.45) is 2.86. The lowest BCUT2D eigenvalue weighted by atomic mass is 9.93. The van der Waals surface area contributed by atoms with Gasteiger partial charge in [-0.3, -0.25) is 14.9 Å². The topological polar surface area (TPSA) is 63.5 Å². The number of benzene rings is 1. The summed E-state index contributed by atoms with van der Waals surface area (Å²) in [5, 5.41) is 11.0. The van der Waals surface area contributed by atoms with Gasteiger partial charge < -0.3 is 4.90 Å². The first-order valence-electron chi connectivity index (χ1n) is 6.59. The molecule has 108 valence electrons. The van der Waals surface area contributed by atoms with Crippen molar-refractivity contribution < 1.29 is 9.72 Å². The molecular formula is C14H17ClN2O3. The van der Waals surface area contributed by atoms with Gasteiger partial charge in [0.05, 0.1) is 4.92 Å². The van der Waals surface area contributed by atoms with E-state index in [1.807, 2.05) is 14.0 Å². The Morgan fingerprint density at radius 1 is 1.35 bits per heavy atom. The lowest BCUT2D eigenvalue weighted by molar-refractivity contribution is -0.384. The van der Waals surface area contributed by atoms with E-state index in [4.69, 9.17) is 11.6 Å². The van der Waals surface area contributed by atoms with Crippen molar-refractivity contribution in [3.05, 3.63) is 32.8 Å². The van der Waals surface area contributed by atoms with Crippen molar-refractivity contribution in [3.8, 4) is 0 Å². The van der Waals surface area contributed by atoms with Crippen molar-refractivity contribution in [1.29, 1.82) is 0 Å². The van der Waals surface area contributed by atoms with Gasteiger partial charge in [-0.05, 0) is 31.4 Å². The zero-order valence-electron chi connectivity index (χ0n) is 11.6. The van der Waals surface area contributed by atoms with Crippen LogP contribution in [0.2, 0.25) is 5.02 Å². The molecule has 0 bridgehead atoms. The molecule has 1 aliphatic carbocycles. The molecule has 0 N–H and O–H groups in total. The van der Waals surface area contributed by atoms with Crippen LogP contribution in [0.4, 0.5) is 11.4 Å². The zero-order valence-corrected chi connectivity index (χ0v) is 12.3. The van der Waals surface area contributed by atoms with Gasteiger partial charge in [-0.15, -0.1) is 0 Å². The average molecular weight is 297 g/mol. The molecule has 0 unspecified atom stereocenters. The molecule has 1 fully saturated rings. The SMILES string of the molecule is Cc1cc([N+](=O)[O-])c(Cl)cc1N(C)C1CCC(=O)CC1. The molecule has 1 aliphatic rings. The Balaban J connectivity index is 2.26. The molecule has 20 heavy (non-hydrogen) atoms. The minimum absolute atomic E-state index is 0.0693. The van der Waals surface area contributed by atoms with Crippen molar-refractivity contribution in [2.75, 3.05) is 11.9 Å². The number of carbonyl (C=O) groups excluding carboxylic acids is 1. The zero-order chi connectivity index (χ0) is 14.9. The molecule has 0 aromatic heterocycles. The quantitative estimate of drug-likeness (QED) is 0.632. The number of hydrogen-bond acceptors (Lipinski definition) is 4. The standard InChI is InChI=1S/C14H17ClN2O3/c1-9-7-14(17(19)20)12(15)8-13(9)16(2)10-3-5-11(18)6-4-10/h7-8,10H,3-6H2,1-2H3. The summed E-state index contributed by atoms with van der Waals surface area (Å²) >= 11 is 5.98. The summed E-state index contributed by atoms with van der Waals surface area (Å²) in [7, 11) is 1.95. The second-order valence-corrected chi connectivity index (χ2v) is 5.64. The Morgan fingerprint density at radius 2 is 1.95 bits per heavy atom. The molecule has 0 heterocycles. The number of ketones is 1. The Morgan fingerprint density at radius 3 is 2.50 bits per heavy atom. The maximum atomic E-state index is 11.3. The van der Waals surface area contributed by atoms with Crippen molar-refractivity contribution in [2.24, 2.45) is 0 Å². The minimum atomic E-state index is -0.474. The maximum absolute atomic E-state index is 11.3. The van der Waals surface area contributed by atoms with Crippen molar-refractivity contribution >= 4 is 28.8 Å². The van der Waals surface area contributed by atoms with E-state index in [9.17, 15) is 14.9 Å². The number of rotatable bonds is 3. The van der Waals surface area contributed by atoms with Gasteiger partial charge in [0.15, 0.2) is 0 Å². The smallest absolute Gasteiger partial charge is 0.288 e. The largest absolute Gasteiger partial charge is 0.371 e. The first-order chi connectivity index (χ1) is 9.40. The molecule has 0 aliphatic heterocycles. The summed E-state index contributed by atoms with van der Waals surface area (Å²) in [6.45, 7) is 1.84. The lowest BCUT2D eigenvalue weighted by Crippen LogP contribution is -2.35. The number of nitro groups is 1. The highest BCUT2D eigenvalue weighted by atomic mass is 35.5. The number of carbonyl (C=O) groups is 1. The third-order valence-corrected chi connectivity index (χ3v) is 4.21. The number of anilines is 1. The molecular weight excluding hydrogens is 280 g/mol. The van der Waals surface area contributed by atoms with E-state index < -0.39 is 4.92 Å². The second kappa shape index (κ2) is 5.79. The molecule has 5 nitrogen and oxygen atoms in total. The first kappa shape index (κ1) is 14.8. The predicted molar refractivity (Wildman–Crippen MR) is 78.5 cm³/mol. The molecule has 1 aromatic rings. The third kappa shape index (κ3) is 2.93. The van der Waals surface area contributed by atoms with Gasteiger partial charge >= 0.3 is 0 Å². The Kier molecular flexibility index (Phi) is 4.28. The van der Waals surface area contributed by atoms with E-state index in [2.05, 4.69) is 4.90 Å². The van der Waals surface area contributed by atoms with Gasteiger partial charge in [0, 0.05) is 37.7 Å². The van der Waals surface area contributed by atoms with Crippen molar-refractivity contribution in [2.45, 2.75) is 38.6 Å². The van der Waals surface area contributed by atoms with Gasteiger partial charge in [-0.25, -0.2) is 0 Å². The van der Waals surface area contributed by atoms with Gasteiger partial charge in [0.1, 0.15) is 10.8 Å². The van der Waals surface area contributed by atoms with Crippen LogP contribution in [0.3, 0.4) is 0 Å². The lowest BCUT2D eigenvalue weighted by Gasteiger charge is -2.33. The maximum Gasteiger partial charge on any atom is 0.288 e. The summed E-state index contributed by atoms with van der Waals surface area (Å²) in [6, 6.07) is 3.43. The molecule has 1 aromatic carbocycles. The van der Waals surface area contributed by atoms with E-state index in [1.165, 1.54) is 6.07 Å². The highest BCUT2D eigenvalue weighted by Crippen LogP contribution is 2.34. The Labute approximate surface area is 122 Å². The van der Waals surface area contributed by atoms with Gasteiger partial charge in [-0.2, -0.15) is 0 Å². The molecule has 0 radical (unpaired) electrons. The van der Waals surface area contributed by atoms with Gasteiger partial charge in [-0.1, -0.05) is 11.6 Å². The highest BCUT2D eigenvalue weighted by Gasteiger charge is 2.25. The molecule has 0 amide bonds. The third-order valence-electron chi connectivity index (χ3n) is 3.90. The van der Waals surface area contributed by atoms with E-state index in [0.29, 0.717) is 18.6 Å². The number of halogens is 1. The van der Waals surface area contributed by atoms with Crippen LogP contribution >= 0.6 is 11.6 Å². The molecule has 0 spiro atoms. The van der Waals surface area contributed by atoms with Crippen LogP contribution in [-0.2, 0) is 4.79 Å². The van der Waals surface area contributed by atoms with Crippen molar-refractivity contribution in [1.82, 2.24) is 0 Å². The number of Topliss-reactive ketones (excluding diaryl/α,β-unsaturated/α-hetero) is 1. The summed E-state index contributed by atoms with van der Waals surface area (Å²) in [4.78, 5) is 23.8. The van der Waals surface area contributed by atoms with Crippen LogP contribution in [0, 0.1) is 17.0 Å². The predicted octanol–water partition coefficient (Wildman–Crippen LogP) is 3.50. The van der Waals surface area contributed by atoms with Crippen LogP contribution in [0.1, 0.15) is 31.2 Å². The number of nitrogens with zero attached hydrogens (tertiary/aromatic N) is 2. The fourth-order valence-electron chi connectivity index (χ4n) is 2.68. The van der Waals surface area contributed by atoms with E-state index >= 15 is 0 Å². The van der Waals surface area contributed by atoms with E-state index in [0.717, 1.165) is 24.1 Å². The van der Waals surface area contributed by atoms with Gasteiger partial charge in [0.2, 0.25) is 0 Å². The molecule has 2 rings (SSSR count). The first-order valence-corrected chi connectivity index (χ1v) is 6.97. The fourth-order valence-corrected chi connectivity index (χ4v) is 2.91. The Bertz CT molecular complexity index is 550. The second-order valence-electron chi connectivity index (χ2n) is 5.23. The summed E-state index contributed by atoms with van der Waals surface area (Å²) in [5.41, 5.74) is 1.64. The van der Waals surface area contributed by atoms with Crippen LogP contribution in [0.5, 0.6) is 0 Å². The van der Waals surface area contributed by atoms with Crippen LogP contribution < -0.4 is 4.90 Å². The van der Waals surface area contributed by atoms with Crippen LogP contribution in [0.15, 0.2) is 12.1 Å². The fraction of sp³-hybridized carbons (Fsp3) is 0.500. The molecule has 0 saturated heterocycles. The van der Waals surface area contributed by atoms with E-state index in [1.54, 1.807) is 6.07 Å². The van der Waals surface area contributed by atoms with Crippen LogP contribution in [0.25, 0.3) is 0 Å². The normalized spacial score (nSPS) is 16.2. The summed E-state index contributed by atoms with van der Waals surface area (Å²) in [5.74, 6) is 0.313. The van der Waals surface area contributed by atoms with Gasteiger partial charge in [0.25, 0.3) is 5.69 Å². The van der Waals surface area contributed by atoms with E-state index in [-0.39, 0.29) is 16.8 Å². The molecule has 1 saturated carbocycles. The number of hydrogen-bond donors (Lipinski definition) is 0. The highest BCUT2D eigenvalue weighted by molar-refractivity contribution is 6.33. The summed E-state index contributed by atoms with van der Waals surface area (Å²) < 4.78 is 0. The number of nitro benzene ring substituents is 1. The molecule has 0 atom stereocenters. The monoisotopic (exact) mass is 296 g/mol. The molecule has 6 heteroatoms. The average Bonchev–Trinajstić information content (AvgIpc) is 2.40. The van der Waals surface area contributed by atoms with Crippen molar-refractivity contribution in [3.63, 3.8) is 0 Å².